The van der Waals surface area contributed by atoms with E-state index in [0.29, 0.717) is 11.3 Å². The number of benzene rings is 2. The highest BCUT2D eigenvalue weighted by Gasteiger charge is 2.16. The van der Waals surface area contributed by atoms with Gasteiger partial charge >= 0.3 is 6.43 Å². The second-order valence-corrected chi connectivity index (χ2v) is 7.32. The maximum Gasteiger partial charge on any atom is 0.312 e. The third-order valence-electron chi connectivity index (χ3n) is 4.27. The van der Waals surface area contributed by atoms with Crippen molar-refractivity contribution in [2.24, 2.45) is 9.98 Å². The van der Waals surface area contributed by atoms with Gasteiger partial charge in [-0.25, -0.2) is 0 Å². The molecule has 2 rings (SSSR count). The SMILES string of the molecule is C=C(C)Oc1ccc(C(=C)C)cc1C.C=C(OC(=NC)C(F)F)c1ccc(CC)cc1.C=NC.CC.CC.CC. The van der Waals surface area contributed by atoms with E-state index in [4.69, 9.17) is 9.47 Å². The Labute approximate surface area is 244 Å². The fourth-order valence-electron chi connectivity index (χ4n) is 2.52. The summed E-state index contributed by atoms with van der Waals surface area (Å²) in [5, 5.41) is 0. The molecule has 4 nitrogen and oxygen atoms in total. The van der Waals surface area contributed by atoms with Crippen LogP contribution in [0.4, 0.5) is 8.78 Å². The highest BCUT2D eigenvalue weighted by atomic mass is 19.3. The zero-order valence-electron chi connectivity index (χ0n) is 27.1. The van der Waals surface area contributed by atoms with E-state index in [1.807, 2.05) is 93.5 Å². The molecule has 0 saturated carbocycles. The first kappa shape index (κ1) is 43.5. The second-order valence-electron chi connectivity index (χ2n) is 7.32. The third-order valence-corrected chi connectivity index (χ3v) is 4.27. The summed E-state index contributed by atoms with van der Waals surface area (Å²) in [6, 6.07) is 13.4. The molecular formula is C34H54F2N2O2. The van der Waals surface area contributed by atoms with Gasteiger partial charge in [0.15, 0.2) is 0 Å². The number of nitrogens with zero attached hydrogens (tertiary/aromatic N) is 2. The lowest BCUT2D eigenvalue weighted by Gasteiger charge is -2.10. The van der Waals surface area contributed by atoms with Crippen LogP contribution >= 0.6 is 0 Å². The van der Waals surface area contributed by atoms with E-state index in [1.54, 1.807) is 19.2 Å². The Balaban J connectivity index is -0.000000254. The Kier molecular flexibility index (Phi) is 31.0. The Morgan fingerprint density at radius 1 is 0.850 bits per heavy atom. The molecule has 0 atom stereocenters. The Hall–Kier alpha value is -3.54. The molecule has 0 unspecified atom stereocenters. The standard InChI is InChI=1S/C13H15F2NO.C13H16O.C2H5N.3C2H6/c1-4-10-5-7-11(8-6-10)9(2)17-13(16-3)12(14)15;1-9(2)12-6-7-13(11(5)8-12)14-10(3)4;1-3-2;3*1-2/h5-8,12H,2,4H2,1,3H3;6-8H,1,3H2,2,4-5H3;1H2,2H3;3*1-2H3. The lowest BCUT2D eigenvalue weighted by atomic mass is 10.1. The minimum atomic E-state index is -2.73. The van der Waals surface area contributed by atoms with Crippen molar-refractivity contribution >= 4 is 23.9 Å². The number of hydrogen-bond donors (Lipinski definition) is 0. The summed E-state index contributed by atoms with van der Waals surface area (Å²) in [5.41, 5.74) is 5.16. The predicted molar refractivity (Wildman–Crippen MR) is 176 cm³/mol. The van der Waals surface area contributed by atoms with Crippen LogP contribution in [-0.4, -0.2) is 33.1 Å². The van der Waals surface area contributed by atoms with Gasteiger partial charge in [0.1, 0.15) is 11.5 Å². The first-order chi connectivity index (χ1) is 19.0. The summed E-state index contributed by atoms with van der Waals surface area (Å²) in [4.78, 5) is 6.62. The summed E-state index contributed by atoms with van der Waals surface area (Å²) < 4.78 is 35.2. The van der Waals surface area contributed by atoms with Crippen molar-refractivity contribution in [2.45, 2.75) is 82.1 Å². The molecule has 0 N–H and O–H groups in total. The van der Waals surface area contributed by atoms with Gasteiger partial charge in [0.05, 0.1) is 5.76 Å². The lowest BCUT2D eigenvalue weighted by molar-refractivity contribution is 0.196. The van der Waals surface area contributed by atoms with Crippen LogP contribution in [0.3, 0.4) is 0 Å². The van der Waals surface area contributed by atoms with Crippen LogP contribution in [-0.2, 0) is 11.2 Å². The number of allylic oxidation sites excluding steroid dienone is 2. The van der Waals surface area contributed by atoms with Gasteiger partial charge in [0.2, 0.25) is 0 Å². The molecule has 0 radical (unpaired) electrons. The number of alkyl halides is 2. The molecule has 0 aromatic heterocycles. The number of aliphatic imine (C=N–C) groups is 2. The molecule has 0 bridgehead atoms. The van der Waals surface area contributed by atoms with Gasteiger partial charge in [-0.2, -0.15) is 8.78 Å². The van der Waals surface area contributed by atoms with Crippen molar-refractivity contribution < 1.29 is 18.3 Å². The van der Waals surface area contributed by atoms with Crippen LogP contribution in [0.15, 0.2) is 77.9 Å². The van der Waals surface area contributed by atoms with Crippen molar-refractivity contribution in [1.29, 1.82) is 0 Å². The average molecular weight is 561 g/mol. The highest BCUT2D eigenvalue weighted by molar-refractivity contribution is 5.84. The van der Waals surface area contributed by atoms with Gasteiger partial charge in [0, 0.05) is 19.7 Å². The molecule has 0 aliphatic rings. The first-order valence-electron chi connectivity index (χ1n) is 13.7. The van der Waals surface area contributed by atoms with Crippen LogP contribution < -0.4 is 4.74 Å². The van der Waals surface area contributed by atoms with Gasteiger partial charge < -0.3 is 14.5 Å². The summed E-state index contributed by atoms with van der Waals surface area (Å²) in [7, 11) is 2.90. The van der Waals surface area contributed by atoms with Crippen molar-refractivity contribution in [3.63, 3.8) is 0 Å². The van der Waals surface area contributed by atoms with E-state index in [1.165, 1.54) is 12.6 Å². The Morgan fingerprint density at radius 2 is 1.30 bits per heavy atom. The minimum absolute atomic E-state index is 0.175. The molecule has 0 spiro atoms. The topological polar surface area (TPSA) is 43.2 Å². The Bertz CT molecular complexity index is 996. The van der Waals surface area contributed by atoms with Gasteiger partial charge in [0.25, 0.3) is 5.90 Å². The molecule has 2 aromatic carbocycles. The molecule has 6 heteroatoms. The van der Waals surface area contributed by atoms with Crippen LogP contribution in [0.2, 0.25) is 0 Å². The first-order valence-corrected chi connectivity index (χ1v) is 13.7. The van der Waals surface area contributed by atoms with Crippen LogP contribution in [0.5, 0.6) is 5.75 Å². The molecule has 0 aliphatic heterocycles. The number of aryl methyl sites for hydroxylation is 2. The van der Waals surface area contributed by atoms with Crippen LogP contribution in [0, 0.1) is 6.92 Å². The van der Waals surface area contributed by atoms with E-state index in [2.05, 4.69) is 42.5 Å². The van der Waals surface area contributed by atoms with Gasteiger partial charge in [-0.1, -0.05) is 104 Å². The lowest BCUT2D eigenvalue weighted by Crippen LogP contribution is -2.13. The molecule has 0 heterocycles. The molecule has 0 aliphatic carbocycles. The maximum atomic E-state index is 12.4. The fourth-order valence-corrected chi connectivity index (χ4v) is 2.52. The van der Waals surface area contributed by atoms with Crippen molar-refractivity contribution in [3.05, 3.63) is 90.2 Å². The molecule has 226 valence electrons. The number of halogens is 2. The molecule has 0 amide bonds. The van der Waals surface area contributed by atoms with E-state index in [-0.39, 0.29) is 5.76 Å². The normalized spacial score (nSPS) is 9.12. The van der Waals surface area contributed by atoms with Crippen molar-refractivity contribution in [2.75, 3.05) is 14.1 Å². The minimum Gasteiger partial charge on any atom is -0.462 e. The number of rotatable bonds is 7. The van der Waals surface area contributed by atoms with Gasteiger partial charge in [-0.05, 0) is 62.7 Å². The molecule has 2 aromatic rings. The largest absolute Gasteiger partial charge is 0.462 e. The quantitative estimate of drug-likeness (QED) is 0.192. The third kappa shape index (κ3) is 20.4. The second kappa shape index (κ2) is 28.5. The molecule has 40 heavy (non-hydrogen) atoms. The van der Waals surface area contributed by atoms with E-state index in [9.17, 15) is 8.78 Å². The Morgan fingerprint density at radius 3 is 1.62 bits per heavy atom. The van der Waals surface area contributed by atoms with E-state index < -0.39 is 12.3 Å². The summed E-state index contributed by atoms with van der Waals surface area (Å²) in [5.74, 6) is 1.13. The van der Waals surface area contributed by atoms with Crippen molar-refractivity contribution in [1.82, 2.24) is 0 Å². The van der Waals surface area contributed by atoms with Gasteiger partial charge in [-0.15, -0.1) is 0 Å². The monoisotopic (exact) mass is 560 g/mol. The van der Waals surface area contributed by atoms with Crippen LogP contribution in [0.1, 0.15) is 84.6 Å². The van der Waals surface area contributed by atoms with E-state index >= 15 is 0 Å². The molecule has 0 saturated heterocycles. The molecular weight excluding hydrogens is 506 g/mol. The van der Waals surface area contributed by atoms with Crippen molar-refractivity contribution in [3.8, 4) is 5.75 Å². The number of ether oxygens (including phenoxy) is 2. The summed E-state index contributed by atoms with van der Waals surface area (Å²) in [6.45, 7) is 34.2. The zero-order chi connectivity index (χ0) is 32.3. The van der Waals surface area contributed by atoms with E-state index in [0.717, 1.165) is 28.9 Å². The predicted octanol–water partition coefficient (Wildman–Crippen LogP) is 10.9. The zero-order valence-corrected chi connectivity index (χ0v) is 27.1. The highest BCUT2D eigenvalue weighted by Crippen LogP contribution is 2.23. The maximum absolute atomic E-state index is 12.4. The summed E-state index contributed by atoms with van der Waals surface area (Å²) >= 11 is 0. The van der Waals surface area contributed by atoms with Gasteiger partial charge in [-0.3, -0.25) is 4.99 Å². The fraction of sp³-hybridized carbons (Fsp3) is 0.412. The molecule has 0 fully saturated rings. The average Bonchev–Trinajstić information content (AvgIpc) is 2.96. The number of hydrogen-bond acceptors (Lipinski definition) is 4. The summed E-state index contributed by atoms with van der Waals surface area (Å²) in [6.07, 6.45) is -1.81. The smallest absolute Gasteiger partial charge is 0.312 e. The van der Waals surface area contributed by atoms with Crippen LogP contribution in [0.25, 0.3) is 11.3 Å².